The molecule has 0 unspecified atom stereocenters. The summed E-state index contributed by atoms with van der Waals surface area (Å²) in [5.41, 5.74) is 0. The first-order chi connectivity index (χ1) is 5.15. The highest BCUT2D eigenvalue weighted by Crippen LogP contribution is 2.32. The van der Waals surface area contributed by atoms with Crippen LogP contribution in [0.4, 0.5) is 8.78 Å². The van der Waals surface area contributed by atoms with Gasteiger partial charge in [0.25, 0.3) is 6.43 Å². The van der Waals surface area contributed by atoms with Crippen LogP contribution >= 0.6 is 38.9 Å². The van der Waals surface area contributed by atoms with E-state index in [-0.39, 0.29) is 10.0 Å². The van der Waals surface area contributed by atoms with E-state index in [0.29, 0.717) is 10.3 Å². The molecule has 1 nitrogen and oxygen atoms in total. The number of rotatable bonds is 2. The van der Waals surface area contributed by atoms with Crippen molar-refractivity contribution in [1.29, 1.82) is 0 Å². The van der Waals surface area contributed by atoms with E-state index in [9.17, 15) is 8.78 Å². The van der Waals surface area contributed by atoms with Gasteiger partial charge < -0.3 is 0 Å². The molecule has 0 aliphatic heterocycles. The molecule has 1 aromatic heterocycles. The molecule has 0 saturated heterocycles. The molecule has 0 fully saturated rings. The minimum atomic E-state index is -2.52. The zero-order chi connectivity index (χ0) is 8.43. The highest BCUT2D eigenvalue weighted by molar-refractivity contribution is 9.08. The van der Waals surface area contributed by atoms with Crippen LogP contribution in [-0.2, 0) is 5.33 Å². The molecule has 62 valence electrons. The minimum absolute atomic E-state index is 0.0838. The second kappa shape index (κ2) is 3.78. The number of thiazole rings is 1. The van der Waals surface area contributed by atoms with E-state index in [1.54, 1.807) is 0 Å². The third-order valence-corrected chi connectivity index (χ3v) is 3.33. The summed E-state index contributed by atoms with van der Waals surface area (Å²) >= 11 is 9.44. The van der Waals surface area contributed by atoms with E-state index < -0.39 is 6.43 Å². The van der Waals surface area contributed by atoms with Gasteiger partial charge >= 0.3 is 0 Å². The van der Waals surface area contributed by atoms with Gasteiger partial charge in [0, 0.05) is 0 Å². The van der Waals surface area contributed by atoms with Gasteiger partial charge in [-0.05, 0) is 0 Å². The summed E-state index contributed by atoms with van der Waals surface area (Å²) in [6, 6.07) is 0. The summed E-state index contributed by atoms with van der Waals surface area (Å²) in [6.07, 6.45) is -2.52. The zero-order valence-electron chi connectivity index (χ0n) is 5.15. The third-order valence-electron chi connectivity index (χ3n) is 0.966. The largest absolute Gasteiger partial charge is 0.275 e. The van der Waals surface area contributed by atoms with Crippen LogP contribution in [0, 0.1) is 0 Å². The Morgan fingerprint density at radius 1 is 1.64 bits per heavy atom. The lowest BCUT2D eigenvalue weighted by molar-refractivity contribution is 0.155. The Morgan fingerprint density at radius 3 is 2.55 bits per heavy atom. The van der Waals surface area contributed by atoms with Crippen molar-refractivity contribution in [2.75, 3.05) is 0 Å². The Kier molecular flexibility index (Phi) is 3.21. The molecule has 0 aliphatic rings. The fraction of sp³-hybridized carbons (Fsp3) is 0.400. The number of halogens is 4. The normalized spacial score (nSPS) is 11.0. The van der Waals surface area contributed by atoms with Crippen LogP contribution in [0.2, 0.25) is 5.15 Å². The maximum Gasteiger partial charge on any atom is 0.275 e. The van der Waals surface area contributed by atoms with Gasteiger partial charge in [0.15, 0.2) is 0 Å². The maximum atomic E-state index is 12.0. The molecule has 11 heavy (non-hydrogen) atoms. The van der Waals surface area contributed by atoms with Gasteiger partial charge in [-0.15, -0.1) is 11.3 Å². The first kappa shape index (κ1) is 9.35. The SMILES string of the molecule is FC(F)c1sc(CBr)nc1Cl. The number of hydrogen-bond acceptors (Lipinski definition) is 2. The first-order valence-corrected chi connectivity index (χ1v) is 4.96. The van der Waals surface area contributed by atoms with Crippen molar-refractivity contribution in [3.63, 3.8) is 0 Å². The molecule has 0 saturated carbocycles. The Morgan fingerprint density at radius 2 is 2.27 bits per heavy atom. The number of hydrogen-bond donors (Lipinski definition) is 0. The molecule has 0 bridgehead atoms. The average molecular weight is 263 g/mol. The van der Waals surface area contributed by atoms with Crippen LogP contribution in [0.1, 0.15) is 16.3 Å². The van der Waals surface area contributed by atoms with Gasteiger partial charge in [-0.25, -0.2) is 13.8 Å². The lowest BCUT2D eigenvalue weighted by Crippen LogP contribution is -1.77. The quantitative estimate of drug-likeness (QED) is 0.742. The van der Waals surface area contributed by atoms with E-state index in [1.807, 2.05) is 0 Å². The Hall–Kier alpha value is 0.260. The molecular formula is C5H3BrClF2NS. The molecule has 0 atom stereocenters. The summed E-state index contributed by atoms with van der Waals surface area (Å²) in [6.45, 7) is 0. The van der Waals surface area contributed by atoms with E-state index >= 15 is 0 Å². The van der Waals surface area contributed by atoms with Crippen LogP contribution in [0.3, 0.4) is 0 Å². The topological polar surface area (TPSA) is 12.9 Å². The fourth-order valence-corrected chi connectivity index (χ4v) is 2.03. The fourth-order valence-electron chi connectivity index (χ4n) is 0.548. The van der Waals surface area contributed by atoms with Gasteiger partial charge in [-0.2, -0.15) is 0 Å². The monoisotopic (exact) mass is 261 g/mol. The van der Waals surface area contributed by atoms with Crippen LogP contribution in [-0.4, -0.2) is 4.98 Å². The van der Waals surface area contributed by atoms with Crippen LogP contribution in [0.5, 0.6) is 0 Å². The Bertz CT molecular complexity index is 253. The number of alkyl halides is 3. The summed E-state index contributed by atoms with van der Waals surface area (Å²) in [5, 5.41) is 0.953. The molecule has 1 aromatic rings. The van der Waals surface area contributed by atoms with Crippen molar-refractivity contribution < 1.29 is 8.78 Å². The van der Waals surface area contributed by atoms with Crippen molar-refractivity contribution in [2.45, 2.75) is 11.8 Å². The molecule has 0 amide bonds. The molecule has 0 N–H and O–H groups in total. The minimum Gasteiger partial charge on any atom is -0.228 e. The van der Waals surface area contributed by atoms with Crippen molar-refractivity contribution in [2.24, 2.45) is 0 Å². The smallest absolute Gasteiger partial charge is 0.228 e. The highest BCUT2D eigenvalue weighted by atomic mass is 79.9. The van der Waals surface area contributed by atoms with Crippen molar-refractivity contribution in [1.82, 2.24) is 4.98 Å². The maximum absolute atomic E-state index is 12.0. The third kappa shape index (κ3) is 2.10. The lowest BCUT2D eigenvalue weighted by Gasteiger charge is -1.90. The Balaban J connectivity index is 2.97. The van der Waals surface area contributed by atoms with Gasteiger partial charge in [0.2, 0.25) is 0 Å². The van der Waals surface area contributed by atoms with Crippen molar-refractivity contribution in [3.05, 3.63) is 15.0 Å². The summed E-state index contributed by atoms with van der Waals surface area (Å²) in [7, 11) is 0. The molecule has 0 radical (unpaired) electrons. The molecule has 0 spiro atoms. The van der Waals surface area contributed by atoms with Gasteiger partial charge in [-0.3, -0.25) is 0 Å². The standard InChI is InChI=1S/C5H3BrClF2NS/c6-1-2-10-4(7)3(11-2)5(8)9/h5H,1H2. The average Bonchev–Trinajstić information content (AvgIpc) is 2.30. The van der Waals surface area contributed by atoms with Gasteiger partial charge in [0.1, 0.15) is 15.0 Å². The van der Waals surface area contributed by atoms with Gasteiger partial charge in [0.05, 0.1) is 5.33 Å². The van der Waals surface area contributed by atoms with Crippen LogP contribution < -0.4 is 0 Å². The summed E-state index contributed by atoms with van der Waals surface area (Å²) < 4.78 is 24.1. The molecular weight excluding hydrogens is 259 g/mol. The van der Waals surface area contributed by atoms with E-state index in [4.69, 9.17) is 11.6 Å². The van der Waals surface area contributed by atoms with Gasteiger partial charge in [-0.1, -0.05) is 27.5 Å². The second-order valence-electron chi connectivity index (χ2n) is 1.70. The zero-order valence-corrected chi connectivity index (χ0v) is 8.31. The Labute approximate surface area is 79.5 Å². The number of aromatic nitrogens is 1. The lowest BCUT2D eigenvalue weighted by atomic mass is 10.6. The predicted octanol–water partition coefficient (Wildman–Crippen LogP) is 3.63. The highest BCUT2D eigenvalue weighted by Gasteiger charge is 2.16. The van der Waals surface area contributed by atoms with Crippen LogP contribution in [0.25, 0.3) is 0 Å². The number of nitrogens with zero attached hydrogens (tertiary/aromatic N) is 1. The molecule has 0 aliphatic carbocycles. The van der Waals surface area contributed by atoms with Crippen molar-refractivity contribution in [3.8, 4) is 0 Å². The van der Waals surface area contributed by atoms with E-state index in [0.717, 1.165) is 11.3 Å². The summed E-state index contributed by atoms with van der Waals surface area (Å²) in [5.74, 6) is 0. The molecule has 1 rings (SSSR count). The van der Waals surface area contributed by atoms with E-state index in [2.05, 4.69) is 20.9 Å². The van der Waals surface area contributed by atoms with Crippen molar-refractivity contribution >= 4 is 38.9 Å². The van der Waals surface area contributed by atoms with E-state index in [1.165, 1.54) is 0 Å². The summed E-state index contributed by atoms with van der Waals surface area (Å²) in [4.78, 5) is 3.56. The molecule has 6 heteroatoms. The first-order valence-electron chi connectivity index (χ1n) is 2.64. The molecule has 1 heterocycles. The second-order valence-corrected chi connectivity index (χ2v) is 3.73. The molecule has 0 aromatic carbocycles. The van der Waals surface area contributed by atoms with Crippen LogP contribution in [0.15, 0.2) is 0 Å². The predicted molar refractivity (Wildman–Crippen MR) is 44.7 cm³/mol.